The normalized spacial score (nSPS) is 15.9. The number of rotatable bonds is 6. The zero-order chi connectivity index (χ0) is 21.0. The highest BCUT2D eigenvalue weighted by atomic mass is 19.1. The summed E-state index contributed by atoms with van der Waals surface area (Å²) in [5.41, 5.74) is 1.84. The highest BCUT2D eigenvalue weighted by molar-refractivity contribution is 5.84. The Hall–Kier alpha value is -2.83. The van der Waals surface area contributed by atoms with Crippen molar-refractivity contribution in [1.82, 2.24) is 19.7 Å². The van der Waals surface area contributed by atoms with E-state index < -0.39 is 0 Å². The lowest BCUT2D eigenvalue weighted by molar-refractivity contribution is -0.134. The van der Waals surface area contributed by atoms with Gasteiger partial charge in [0.25, 0.3) is 0 Å². The first kappa shape index (κ1) is 20.9. The average molecular weight is 400 g/mol. The van der Waals surface area contributed by atoms with Crippen molar-refractivity contribution in [3.8, 4) is 0 Å². The van der Waals surface area contributed by atoms with E-state index in [1.54, 1.807) is 21.9 Å². The topological polar surface area (TPSA) is 57.6 Å². The quantitative estimate of drug-likeness (QED) is 0.809. The zero-order valence-corrected chi connectivity index (χ0v) is 17.3. The number of amides is 3. The first-order valence-corrected chi connectivity index (χ1v) is 10.1. The summed E-state index contributed by atoms with van der Waals surface area (Å²) < 4.78 is 15.6. The number of nitrogens with zero attached hydrogens (tertiary/aromatic N) is 3. The van der Waals surface area contributed by atoms with Crippen LogP contribution in [0.2, 0.25) is 0 Å². The molecule has 6 nitrogen and oxygen atoms in total. The van der Waals surface area contributed by atoms with E-state index in [4.69, 9.17) is 0 Å². The first-order chi connectivity index (χ1) is 13.9. The fourth-order valence-corrected chi connectivity index (χ4v) is 3.83. The lowest BCUT2D eigenvalue weighted by Gasteiger charge is -2.38. The molecule has 3 amide bonds. The van der Waals surface area contributed by atoms with Crippen LogP contribution in [-0.2, 0) is 11.3 Å². The molecule has 0 fully saturated rings. The fourth-order valence-electron chi connectivity index (χ4n) is 3.83. The summed E-state index contributed by atoms with van der Waals surface area (Å²) in [5.74, 6) is -0.173. The molecule has 1 aliphatic rings. The van der Waals surface area contributed by atoms with Gasteiger partial charge in [-0.3, -0.25) is 4.79 Å². The lowest BCUT2D eigenvalue weighted by atomic mass is 9.99. The molecule has 2 heterocycles. The molecular formula is C22H29FN4O2. The fraction of sp³-hybridized carbons (Fsp3) is 0.455. The predicted octanol–water partition coefficient (Wildman–Crippen LogP) is 3.25. The molecule has 0 aliphatic carbocycles. The van der Waals surface area contributed by atoms with Crippen molar-refractivity contribution >= 4 is 11.9 Å². The number of fused-ring (bicyclic) bond motifs is 1. The van der Waals surface area contributed by atoms with Gasteiger partial charge in [0.2, 0.25) is 5.91 Å². The number of hydrogen-bond donors (Lipinski definition) is 1. The second-order valence-electron chi connectivity index (χ2n) is 7.78. The van der Waals surface area contributed by atoms with Gasteiger partial charge in [0.05, 0.1) is 6.04 Å². The number of hydrogen-bond acceptors (Lipinski definition) is 2. The highest BCUT2D eigenvalue weighted by Gasteiger charge is 2.33. The molecule has 1 aromatic carbocycles. The van der Waals surface area contributed by atoms with E-state index in [0.29, 0.717) is 26.2 Å². The van der Waals surface area contributed by atoms with Crippen molar-refractivity contribution in [3.63, 3.8) is 0 Å². The predicted molar refractivity (Wildman–Crippen MR) is 110 cm³/mol. The maximum absolute atomic E-state index is 13.5. The van der Waals surface area contributed by atoms with E-state index in [9.17, 15) is 14.0 Å². The lowest BCUT2D eigenvalue weighted by Crippen LogP contribution is -2.50. The monoisotopic (exact) mass is 400 g/mol. The molecule has 0 unspecified atom stereocenters. The molecule has 1 aromatic heterocycles. The summed E-state index contributed by atoms with van der Waals surface area (Å²) in [7, 11) is 0. The van der Waals surface area contributed by atoms with Crippen LogP contribution in [0, 0.1) is 11.7 Å². The molecule has 0 saturated heterocycles. The Labute approximate surface area is 171 Å². The second kappa shape index (κ2) is 9.11. The third-order valence-electron chi connectivity index (χ3n) is 5.07. The summed E-state index contributed by atoms with van der Waals surface area (Å²) in [5, 5.41) is 2.79. The average Bonchev–Trinajstić information content (AvgIpc) is 3.16. The van der Waals surface area contributed by atoms with Crippen LogP contribution in [-0.4, -0.2) is 52.5 Å². The van der Waals surface area contributed by atoms with E-state index in [1.165, 1.54) is 12.1 Å². The van der Waals surface area contributed by atoms with E-state index in [-0.39, 0.29) is 36.3 Å². The molecule has 0 radical (unpaired) electrons. The van der Waals surface area contributed by atoms with Gasteiger partial charge < -0.3 is 19.7 Å². The SMILES string of the molecule is CCNC(=O)N(CC(=O)N1CCn2cccc2[C@H]1c1ccc(F)cc1)CC(C)C. The maximum atomic E-state index is 13.5. The number of carbonyl (C=O) groups is 2. The molecule has 7 heteroatoms. The molecular weight excluding hydrogens is 371 g/mol. The summed E-state index contributed by atoms with van der Waals surface area (Å²) in [6.45, 7) is 8.15. The summed E-state index contributed by atoms with van der Waals surface area (Å²) in [4.78, 5) is 29.1. The zero-order valence-electron chi connectivity index (χ0n) is 17.3. The molecule has 1 aliphatic heterocycles. The molecule has 3 rings (SSSR count). The van der Waals surface area contributed by atoms with Crippen molar-refractivity contribution in [2.24, 2.45) is 5.92 Å². The molecule has 1 atom stereocenters. The largest absolute Gasteiger partial charge is 0.348 e. The Bertz CT molecular complexity index is 847. The highest BCUT2D eigenvalue weighted by Crippen LogP contribution is 2.32. The maximum Gasteiger partial charge on any atom is 0.317 e. The van der Waals surface area contributed by atoms with Crippen LogP contribution in [0.25, 0.3) is 0 Å². The van der Waals surface area contributed by atoms with Crippen LogP contribution in [0.5, 0.6) is 0 Å². The standard InChI is InChI=1S/C22H29FN4O2/c1-4-24-22(29)26(14-16(2)3)15-20(28)27-13-12-25-11-5-6-19(25)21(27)17-7-9-18(23)10-8-17/h5-11,16,21H,4,12-15H2,1-3H3,(H,24,29)/t21-/m1/s1. The smallest absolute Gasteiger partial charge is 0.317 e. The molecule has 2 aromatic rings. The van der Waals surface area contributed by atoms with Gasteiger partial charge in [-0.1, -0.05) is 26.0 Å². The van der Waals surface area contributed by atoms with Crippen LogP contribution in [0.4, 0.5) is 9.18 Å². The Kier molecular flexibility index (Phi) is 6.56. The Morgan fingerprint density at radius 2 is 1.93 bits per heavy atom. The minimum Gasteiger partial charge on any atom is -0.348 e. The van der Waals surface area contributed by atoms with Crippen LogP contribution in [0.1, 0.15) is 38.1 Å². The third kappa shape index (κ3) is 4.78. The van der Waals surface area contributed by atoms with E-state index in [2.05, 4.69) is 9.88 Å². The third-order valence-corrected chi connectivity index (χ3v) is 5.07. The molecule has 0 saturated carbocycles. The van der Waals surface area contributed by atoms with Gasteiger partial charge in [-0.15, -0.1) is 0 Å². The van der Waals surface area contributed by atoms with Gasteiger partial charge in [0, 0.05) is 38.1 Å². The summed E-state index contributed by atoms with van der Waals surface area (Å²) >= 11 is 0. The number of urea groups is 1. The molecule has 0 bridgehead atoms. The summed E-state index contributed by atoms with van der Waals surface area (Å²) in [6.07, 6.45) is 1.99. The van der Waals surface area contributed by atoms with Gasteiger partial charge in [-0.25, -0.2) is 9.18 Å². The Balaban J connectivity index is 1.87. The van der Waals surface area contributed by atoms with E-state index in [0.717, 1.165) is 11.3 Å². The van der Waals surface area contributed by atoms with Gasteiger partial charge in [0.1, 0.15) is 12.4 Å². The van der Waals surface area contributed by atoms with Gasteiger partial charge >= 0.3 is 6.03 Å². The summed E-state index contributed by atoms with van der Waals surface area (Å²) in [6, 6.07) is 9.69. The molecule has 0 spiro atoms. The van der Waals surface area contributed by atoms with Crippen LogP contribution >= 0.6 is 0 Å². The molecule has 156 valence electrons. The van der Waals surface area contributed by atoms with Crippen molar-refractivity contribution < 1.29 is 14.0 Å². The van der Waals surface area contributed by atoms with Crippen molar-refractivity contribution in [2.75, 3.05) is 26.2 Å². The van der Waals surface area contributed by atoms with Gasteiger partial charge in [0.15, 0.2) is 0 Å². The van der Waals surface area contributed by atoms with Crippen molar-refractivity contribution in [2.45, 2.75) is 33.4 Å². The number of carbonyl (C=O) groups excluding carboxylic acids is 2. The Morgan fingerprint density at radius 3 is 2.59 bits per heavy atom. The van der Waals surface area contributed by atoms with Gasteiger partial charge in [-0.2, -0.15) is 0 Å². The molecule has 1 N–H and O–H groups in total. The van der Waals surface area contributed by atoms with Crippen molar-refractivity contribution in [3.05, 3.63) is 59.7 Å². The first-order valence-electron chi connectivity index (χ1n) is 10.1. The molecule has 29 heavy (non-hydrogen) atoms. The number of nitrogens with one attached hydrogen (secondary N) is 1. The minimum absolute atomic E-state index is 0.0163. The number of benzene rings is 1. The second-order valence-corrected chi connectivity index (χ2v) is 7.78. The number of aromatic nitrogens is 1. The minimum atomic E-state index is -0.308. The van der Waals surface area contributed by atoms with Crippen LogP contribution < -0.4 is 5.32 Å². The van der Waals surface area contributed by atoms with Crippen molar-refractivity contribution in [1.29, 1.82) is 0 Å². The van der Waals surface area contributed by atoms with E-state index >= 15 is 0 Å². The van der Waals surface area contributed by atoms with Gasteiger partial charge in [-0.05, 0) is 42.7 Å². The van der Waals surface area contributed by atoms with Crippen LogP contribution in [0.3, 0.4) is 0 Å². The van der Waals surface area contributed by atoms with Crippen LogP contribution in [0.15, 0.2) is 42.6 Å². The van der Waals surface area contributed by atoms with E-state index in [1.807, 2.05) is 39.1 Å². The Morgan fingerprint density at radius 1 is 1.21 bits per heavy atom. The number of halogens is 1.